The van der Waals surface area contributed by atoms with Crippen molar-refractivity contribution in [1.29, 1.82) is 0 Å². The third kappa shape index (κ3) is 4.22. The van der Waals surface area contributed by atoms with Gasteiger partial charge in [-0.1, -0.05) is 43.3 Å². The van der Waals surface area contributed by atoms with Crippen molar-refractivity contribution in [2.75, 3.05) is 18.6 Å². The van der Waals surface area contributed by atoms with Crippen LogP contribution in [-0.2, 0) is 4.79 Å². The standard InChI is InChI=1S/C19H21NO2/c1-3-15-22-18-12-8-7-9-16(18)13-14-19(21)20(2)17-10-5-4-6-11-17/h4-14H,3,15H2,1-2H3/b14-13+. The summed E-state index contributed by atoms with van der Waals surface area (Å²) >= 11 is 0. The predicted octanol–water partition coefficient (Wildman–Crippen LogP) is 4.15. The Bertz CT molecular complexity index is 635. The number of hydrogen-bond donors (Lipinski definition) is 0. The molecule has 0 aliphatic carbocycles. The molecule has 0 fully saturated rings. The summed E-state index contributed by atoms with van der Waals surface area (Å²) in [6.45, 7) is 2.74. The highest BCUT2D eigenvalue weighted by atomic mass is 16.5. The first-order chi connectivity index (χ1) is 10.7. The van der Waals surface area contributed by atoms with Crippen molar-refractivity contribution in [3.8, 4) is 5.75 Å². The van der Waals surface area contributed by atoms with E-state index in [0.29, 0.717) is 6.61 Å². The van der Waals surface area contributed by atoms with Gasteiger partial charge in [0.05, 0.1) is 6.61 Å². The second kappa shape index (κ2) is 8.03. The summed E-state index contributed by atoms with van der Waals surface area (Å²) in [6, 6.07) is 17.3. The molecule has 0 N–H and O–H groups in total. The average molecular weight is 295 g/mol. The predicted molar refractivity (Wildman–Crippen MR) is 91.1 cm³/mol. The van der Waals surface area contributed by atoms with E-state index in [4.69, 9.17) is 4.74 Å². The molecule has 0 saturated heterocycles. The van der Waals surface area contributed by atoms with Crippen molar-refractivity contribution in [3.05, 3.63) is 66.2 Å². The second-order valence-electron chi connectivity index (χ2n) is 4.95. The molecular formula is C19H21NO2. The molecule has 0 saturated carbocycles. The van der Waals surface area contributed by atoms with Gasteiger partial charge >= 0.3 is 0 Å². The van der Waals surface area contributed by atoms with Gasteiger partial charge in [0.1, 0.15) is 5.75 Å². The molecule has 0 unspecified atom stereocenters. The highest BCUT2D eigenvalue weighted by molar-refractivity contribution is 6.03. The Labute approximate surface area is 131 Å². The number of rotatable bonds is 6. The number of amides is 1. The van der Waals surface area contributed by atoms with Crippen LogP contribution in [0.15, 0.2) is 60.7 Å². The number of hydrogen-bond acceptors (Lipinski definition) is 2. The van der Waals surface area contributed by atoms with Crippen LogP contribution in [0.4, 0.5) is 5.69 Å². The summed E-state index contributed by atoms with van der Waals surface area (Å²) in [5, 5.41) is 0. The Balaban J connectivity index is 2.10. The smallest absolute Gasteiger partial charge is 0.250 e. The van der Waals surface area contributed by atoms with Gasteiger partial charge in [-0.3, -0.25) is 4.79 Å². The van der Waals surface area contributed by atoms with Crippen LogP contribution in [0.3, 0.4) is 0 Å². The molecule has 0 aliphatic rings. The monoisotopic (exact) mass is 295 g/mol. The van der Waals surface area contributed by atoms with Crippen molar-refractivity contribution in [1.82, 2.24) is 0 Å². The Morgan fingerprint density at radius 1 is 1.09 bits per heavy atom. The number of anilines is 1. The maximum absolute atomic E-state index is 12.2. The summed E-state index contributed by atoms with van der Waals surface area (Å²) in [7, 11) is 1.77. The van der Waals surface area contributed by atoms with Crippen LogP contribution in [0.2, 0.25) is 0 Å². The summed E-state index contributed by atoms with van der Waals surface area (Å²) in [5.74, 6) is 0.729. The lowest BCUT2D eigenvalue weighted by Crippen LogP contribution is -2.23. The van der Waals surface area contributed by atoms with E-state index in [-0.39, 0.29) is 5.91 Å². The van der Waals surface area contributed by atoms with Gasteiger partial charge in [0.2, 0.25) is 0 Å². The largest absolute Gasteiger partial charge is 0.493 e. The SMILES string of the molecule is CCCOc1ccccc1/C=C/C(=O)N(C)c1ccccc1. The van der Waals surface area contributed by atoms with Crippen LogP contribution in [0.25, 0.3) is 6.08 Å². The van der Waals surface area contributed by atoms with Gasteiger partial charge in [-0.2, -0.15) is 0 Å². The van der Waals surface area contributed by atoms with Crippen LogP contribution in [0, 0.1) is 0 Å². The molecule has 2 aromatic carbocycles. The van der Waals surface area contributed by atoms with Gasteiger partial charge in [-0.25, -0.2) is 0 Å². The van der Waals surface area contributed by atoms with Crippen molar-refractivity contribution < 1.29 is 9.53 Å². The van der Waals surface area contributed by atoms with E-state index < -0.39 is 0 Å². The summed E-state index contributed by atoms with van der Waals surface area (Å²) in [4.78, 5) is 13.9. The molecule has 1 amide bonds. The van der Waals surface area contributed by atoms with Crippen molar-refractivity contribution in [2.24, 2.45) is 0 Å². The van der Waals surface area contributed by atoms with E-state index in [0.717, 1.165) is 23.4 Å². The van der Waals surface area contributed by atoms with Gasteiger partial charge in [0.25, 0.3) is 5.91 Å². The normalized spacial score (nSPS) is 10.6. The average Bonchev–Trinajstić information content (AvgIpc) is 2.58. The zero-order chi connectivity index (χ0) is 15.8. The number of benzene rings is 2. The van der Waals surface area contributed by atoms with Gasteiger partial charge < -0.3 is 9.64 Å². The molecule has 3 nitrogen and oxygen atoms in total. The Kier molecular flexibility index (Phi) is 5.78. The van der Waals surface area contributed by atoms with E-state index >= 15 is 0 Å². The van der Waals surface area contributed by atoms with Gasteiger partial charge in [0, 0.05) is 24.4 Å². The van der Waals surface area contributed by atoms with Crippen LogP contribution < -0.4 is 9.64 Å². The second-order valence-corrected chi connectivity index (χ2v) is 4.95. The number of carbonyl (C=O) groups excluding carboxylic acids is 1. The van der Waals surface area contributed by atoms with E-state index in [1.54, 1.807) is 24.1 Å². The highest BCUT2D eigenvalue weighted by Gasteiger charge is 2.07. The van der Waals surface area contributed by atoms with E-state index in [1.807, 2.05) is 54.6 Å². The molecule has 22 heavy (non-hydrogen) atoms. The Morgan fingerprint density at radius 2 is 1.77 bits per heavy atom. The number of likely N-dealkylation sites (N-methyl/N-ethyl adjacent to an activating group) is 1. The molecule has 2 aromatic rings. The number of carbonyl (C=O) groups is 1. The fourth-order valence-corrected chi connectivity index (χ4v) is 2.01. The molecule has 0 bridgehead atoms. The summed E-state index contributed by atoms with van der Waals surface area (Å²) in [6.07, 6.45) is 4.32. The lowest BCUT2D eigenvalue weighted by Gasteiger charge is -2.15. The van der Waals surface area contributed by atoms with Gasteiger partial charge in [-0.05, 0) is 30.7 Å². The highest BCUT2D eigenvalue weighted by Crippen LogP contribution is 2.20. The maximum Gasteiger partial charge on any atom is 0.250 e. The summed E-state index contributed by atoms with van der Waals surface area (Å²) in [5.41, 5.74) is 1.78. The maximum atomic E-state index is 12.2. The first kappa shape index (κ1) is 15.8. The molecule has 0 heterocycles. The third-order valence-electron chi connectivity index (χ3n) is 3.26. The van der Waals surface area contributed by atoms with Crippen molar-refractivity contribution in [3.63, 3.8) is 0 Å². The molecule has 114 valence electrons. The number of nitrogens with zero attached hydrogens (tertiary/aromatic N) is 1. The first-order valence-corrected chi connectivity index (χ1v) is 7.45. The zero-order valence-electron chi connectivity index (χ0n) is 13.0. The molecule has 0 aliphatic heterocycles. The van der Waals surface area contributed by atoms with Crippen LogP contribution >= 0.6 is 0 Å². The fourth-order valence-electron chi connectivity index (χ4n) is 2.01. The lowest BCUT2D eigenvalue weighted by molar-refractivity contribution is -0.113. The molecule has 0 radical (unpaired) electrons. The molecular weight excluding hydrogens is 274 g/mol. The van der Waals surface area contributed by atoms with E-state index in [9.17, 15) is 4.79 Å². The molecule has 0 atom stereocenters. The van der Waals surface area contributed by atoms with Crippen LogP contribution in [0.5, 0.6) is 5.75 Å². The molecule has 3 heteroatoms. The van der Waals surface area contributed by atoms with Crippen LogP contribution in [-0.4, -0.2) is 19.6 Å². The molecule has 0 spiro atoms. The van der Waals surface area contributed by atoms with Crippen molar-refractivity contribution >= 4 is 17.7 Å². The minimum absolute atomic E-state index is 0.0727. The lowest BCUT2D eigenvalue weighted by atomic mass is 10.2. The number of para-hydroxylation sites is 2. The van der Waals surface area contributed by atoms with E-state index in [2.05, 4.69) is 6.92 Å². The van der Waals surface area contributed by atoms with Crippen molar-refractivity contribution in [2.45, 2.75) is 13.3 Å². The number of ether oxygens (including phenoxy) is 1. The first-order valence-electron chi connectivity index (χ1n) is 7.45. The van der Waals surface area contributed by atoms with Gasteiger partial charge in [0.15, 0.2) is 0 Å². The summed E-state index contributed by atoms with van der Waals surface area (Å²) < 4.78 is 5.69. The quantitative estimate of drug-likeness (QED) is 0.749. The topological polar surface area (TPSA) is 29.5 Å². The minimum Gasteiger partial charge on any atom is -0.493 e. The minimum atomic E-state index is -0.0727. The Morgan fingerprint density at radius 3 is 2.50 bits per heavy atom. The van der Waals surface area contributed by atoms with Gasteiger partial charge in [-0.15, -0.1) is 0 Å². The zero-order valence-corrected chi connectivity index (χ0v) is 13.0. The van der Waals surface area contributed by atoms with Crippen LogP contribution in [0.1, 0.15) is 18.9 Å². The Hall–Kier alpha value is -2.55. The van der Waals surface area contributed by atoms with E-state index in [1.165, 1.54) is 0 Å². The molecule has 2 rings (SSSR count). The molecule has 0 aromatic heterocycles. The third-order valence-corrected chi connectivity index (χ3v) is 3.26. The fraction of sp³-hybridized carbons (Fsp3) is 0.211.